The largest absolute Gasteiger partial charge is 0.489 e. The lowest BCUT2D eigenvalue weighted by atomic mass is 9.97. The fraction of sp³-hybridized carbons (Fsp3) is 0.350. The van der Waals surface area contributed by atoms with Crippen LogP contribution in [0.1, 0.15) is 34.1 Å². The standard InChI is InChI=1S/C20H24O3/c1-15-10-11-16(14-22-17-8-6-5-7-9-17)12-13-18(15)23-19(21)20(2,3)4/h5-10,12-13H,11,14H2,1-4H3. The first-order valence-corrected chi connectivity index (χ1v) is 7.83. The third-order valence-corrected chi connectivity index (χ3v) is 3.51. The second-order valence-electron chi connectivity index (χ2n) is 6.69. The van der Waals surface area contributed by atoms with Crippen molar-refractivity contribution in [3.63, 3.8) is 0 Å². The van der Waals surface area contributed by atoms with Gasteiger partial charge in [0.25, 0.3) is 0 Å². The normalized spacial score (nSPS) is 15.0. The fourth-order valence-electron chi connectivity index (χ4n) is 1.95. The highest BCUT2D eigenvalue weighted by atomic mass is 16.5. The van der Waals surface area contributed by atoms with E-state index in [9.17, 15) is 4.79 Å². The van der Waals surface area contributed by atoms with E-state index in [-0.39, 0.29) is 5.97 Å². The molecule has 1 aromatic carbocycles. The van der Waals surface area contributed by atoms with E-state index in [0.29, 0.717) is 12.4 Å². The van der Waals surface area contributed by atoms with E-state index in [4.69, 9.17) is 9.47 Å². The summed E-state index contributed by atoms with van der Waals surface area (Å²) < 4.78 is 11.3. The van der Waals surface area contributed by atoms with Gasteiger partial charge in [-0.3, -0.25) is 4.79 Å². The van der Waals surface area contributed by atoms with Gasteiger partial charge in [0.05, 0.1) is 5.41 Å². The molecule has 122 valence electrons. The Kier molecular flexibility index (Phi) is 5.43. The Morgan fingerprint density at radius 1 is 1.13 bits per heavy atom. The lowest BCUT2D eigenvalue weighted by Crippen LogP contribution is -2.22. The van der Waals surface area contributed by atoms with E-state index in [0.717, 1.165) is 23.3 Å². The van der Waals surface area contributed by atoms with Gasteiger partial charge in [0.1, 0.15) is 18.1 Å². The van der Waals surface area contributed by atoms with Crippen molar-refractivity contribution in [3.8, 4) is 5.75 Å². The van der Waals surface area contributed by atoms with Crippen LogP contribution in [0.3, 0.4) is 0 Å². The molecular weight excluding hydrogens is 288 g/mol. The van der Waals surface area contributed by atoms with Crippen LogP contribution in [0.25, 0.3) is 0 Å². The summed E-state index contributed by atoms with van der Waals surface area (Å²) >= 11 is 0. The summed E-state index contributed by atoms with van der Waals surface area (Å²) in [7, 11) is 0. The second-order valence-corrected chi connectivity index (χ2v) is 6.69. The number of ether oxygens (including phenoxy) is 2. The maximum absolute atomic E-state index is 12.0. The highest BCUT2D eigenvalue weighted by Crippen LogP contribution is 2.24. The van der Waals surface area contributed by atoms with Gasteiger partial charge >= 0.3 is 5.97 Å². The molecule has 0 unspecified atom stereocenters. The van der Waals surface area contributed by atoms with Crippen LogP contribution in [-0.2, 0) is 9.53 Å². The molecule has 3 nitrogen and oxygen atoms in total. The number of rotatable bonds is 4. The Hall–Kier alpha value is -2.29. The highest BCUT2D eigenvalue weighted by molar-refractivity contribution is 5.77. The van der Waals surface area contributed by atoms with Crippen molar-refractivity contribution in [3.05, 3.63) is 65.5 Å². The molecular formula is C20H24O3. The maximum atomic E-state index is 12.0. The van der Waals surface area contributed by atoms with Crippen molar-refractivity contribution in [2.45, 2.75) is 34.1 Å². The summed E-state index contributed by atoms with van der Waals surface area (Å²) in [6, 6.07) is 9.73. The van der Waals surface area contributed by atoms with E-state index < -0.39 is 5.41 Å². The number of hydrogen-bond donors (Lipinski definition) is 0. The zero-order valence-corrected chi connectivity index (χ0v) is 14.3. The van der Waals surface area contributed by atoms with Gasteiger partial charge in [-0.05, 0) is 63.5 Å². The van der Waals surface area contributed by atoms with Gasteiger partial charge in [-0.1, -0.05) is 30.4 Å². The van der Waals surface area contributed by atoms with Gasteiger partial charge in [-0.25, -0.2) is 0 Å². The quantitative estimate of drug-likeness (QED) is 0.748. The first-order valence-electron chi connectivity index (χ1n) is 7.83. The van der Waals surface area contributed by atoms with Gasteiger partial charge in [0, 0.05) is 0 Å². The molecule has 0 spiro atoms. The summed E-state index contributed by atoms with van der Waals surface area (Å²) in [4.78, 5) is 12.0. The Bertz CT molecular complexity index is 643. The first-order chi connectivity index (χ1) is 10.9. The number of para-hydroxylation sites is 1. The molecule has 3 heteroatoms. The molecule has 1 aromatic rings. The minimum absolute atomic E-state index is 0.228. The average molecular weight is 312 g/mol. The predicted octanol–water partition coefficient (Wildman–Crippen LogP) is 4.82. The SMILES string of the molecule is CC1=CCC(COc2ccccc2)=CC=C1OC(=O)C(C)(C)C. The van der Waals surface area contributed by atoms with Crippen LogP contribution >= 0.6 is 0 Å². The molecule has 0 radical (unpaired) electrons. The van der Waals surface area contributed by atoms with Crippen molar-refractivity contribution >= 4 is 5.97 Å². The fourth-order valence-corrected chi connectivity index (χ4v) is 1.95. The predicted molar refractivity (Wildman–Crippen MR) is 92.0 cm³/mol. The number of carbonyl (C=O) groups is 1. The molecule has 0 N–H and O–H groups in total. The molecule has 0 amide bonds. The van der Waals surface area contributed by atoms with Gasteiger partial charge < -0.3 is 9.47 Å². The third kappa shape index (κ3) is 5.13. The zero-order valence-electron chi connectivity index (χ0n) is 14.3. The molecule has 1 aliphatic carbocycles. The zero-order chi connectivity index (χ0) is 16.9. The molecule has 0 fully saturated rings. The summed E-state index contributed by atoms with van der Waals surface area (Å²) in [5.74, 6) is 1.23. The lowest BCUT2D eigenvalue weighted by Gasteiger charge is -2.18. The van der Waals surface area contributed by atoms with E-state index in [1.165, 1.54) is 0 Å². The highest BCUT2D eigenvalue weighted by Gasteiger charge is 2.25. The van der Waals surface area contributed by atoms with E-state index in [1.807, 2.05) is 70.2 Å². The summed E-state index contributed by atoms with van der Waals surface area (Å²) in [5.41, 5.74) is 1.58. The molecule has 2 rings (SSSR count). The molecule has 23 heavy (non-hydrogen) atoms. The summed E-state index contributed by atoms with van der Waals surface area (Å²) in [6.07, 6.45) is 6.67. The van der Waals surface area contributed by atoms with Crippen LogP contribution in [-0.4, -0.2) is 12.6 Å². The van der Waals surface area contributed by atoms with Gasteiger partial charge in [0.2, 0.25) is 0 Å². The Morgan fingerprint density at radius 2 is 1.83 bits per heavy atom. The minimum atomic E-state index is -0.517. The van der Waals surface area contributed by atoms with Gasteiger partial charge in [-0.15, -0.1) is 0 Å². The Morgan fingerprint density at radius 3 is 2.48 bits per heavy atom. The van der Waals surface area contributed by atoms with Crippen LogP contribution in [0.2, 0.25) is 0 Å². The number of hydrogen-bond acceptors (Lipinski definition) is 3. The smallest absolute Gasteiger partial charge is 0.316 e. The van der Waals surface area contributed by atoms with Crippen molar-refractivity contribution < 1.29 is 14.3 Å². The van der Waals surface area contributed by atoms with Gasteiger partial charge in [0.15, 0.2) is 0 Å². The maximum Gasteiger partial charge on any atom is 0.316 e. The van der Waals surface area contributed by atoms with Crippen molar-refractivity contribution in [1.82, 2.24) is 0 Å². The molecule has 0 saturated heterocycles. The van der Waals surface area contributed by atoms with Crippen LogP contribution in [0.4, 0.5) is 0 Å². The molecule has 0 bridgehead atoms. The van der Waals surface area contributed by atoms with E-state index in [1.54, 1.807) is 0 Å². The van der Waals surface area contributed by atoms with Crippen molar-refractivity contribution in [2.24, 2.45) is 5.41 Å². The Labute approximate surface area is 138 Å². The first kappa shape index (κ1) is 17.1. The number of benzene rings is 1. The van der Waals surface area contributed by atoms with Crippen LogP contribution < -0.4 is 4.74 Å². The lowest BCUT2D eigenvalue weighted by molar-refractivity contribution is -0.148. The topological polar surface area (TPSA) is 35.5 Å². The molecule has 0 atom stereocenters. The Balaban J connectivity index is 2.03. The average Bonchev–Trinajstić information content (AvgIpc) is 2.68. The van der Waals surface area contributed by atoms with Crippen molar-refractivity contribution in [1.29, 1.82) is 0 Å². The third-order valence-electron chi connectivity index (χ3n) is 3.51. The van der Waals surface area contributed by atoms with E-state index >= 15 is 0 Å². The molecule has 0 aliphatic heterocycles. The van der Waals surface area contributed by atoms with Crippen LogP contribution in [0.5, 0.6) is 5.75 Å². The molecule has 1 aliphatic rings. The minimum Gasteiger partial charge on any atom is -0.489 e. The second kappa shape index (κ2) is 7.32. The van der Waals surface area contributed by atoms with Crippen LogP contribution in [0, 0.1) is 5.41 Å². The molecule has 0 heterocycles. The number of allylic oxidation sites excluding steroid dienone is 4. The summed E-state index contributed by atoms with van der Waals surface area (Å²) in [5, 5.41) is 0. The number of carbonyl (C=O) groups excluding carboxylic acids is 1. The van der Waals surface area contributed by atoms with Crippen LogP contribution in [0.15, 0.2) is 65.5 Å². The summed E-state index contributed by atoms with van der Waals surface area (Å²) in [6.45, 7) is 8.02. The van der Waals surface area contributed by atoms with Gasteiger partial charge in [-0.2, -0.15) is 0 Å². The van der Waals surface area contributed by atoms with E-state index in [2.05, 4.69) is 6.08 Å². The molecule has 0 aromatic heterocycles. The van der Waals surface area contributed by atoms with Crippen molar-refractivity contribution in [2.75, 3.05) is 6.61 Å². The number of esters is 1. The molecule has 0 saturated carbocycles. The monoisotopic (exact) mass is 312 g/mol.